The van der Waals surface area contributed by atoms with E-state index in [1.54, 1.807) is 6.07 Å². The Morgan fingerprint density at radius 2 is 1.81 bits per heavy atom. The fraction of sp³-hybridized carbons (Fsp3) is 0.227. The zero-order chi connectivity index (χ0) is 19.4. The van der Waals surface area contributed by atoms with Crippen molar-refractivity contribution in [2.45, 2.75) is 27.2 Å². The van der Waals surface area contributed by atoms with Crippen LogP contribution in [-0.4, -0.2) is 23.5 Å². The summed E-state index contributed by atoms with van der Waals surface area (Å²) in [5.74, 6) is -0.809. The van der Waals surface area contributed by atoms with Gasteiger partial charge in [-0.25, -0.2) is 0 Å². The summed E-state index contributed by atoms with van der Waals surface area (Å²) >= 11 is 0. The van der Waals surface area contributed by atoms with E-state index in [1.807, 2.05) is 63.2 Å². The van der Waals surface area contributed by atoms with Gasteiger partial charge in [-0.05, 0) is 55.7 Å². The topological polar surface area (TPSA) is 68.3 Å². The molecule has 5 heteroatoms. The van der Waals surface area contributed by atoms with E-state index in [9.17, 15) is 9.59 Å². The van der Waals surface area contributed by atoms with Crippen LogP contribution in [0.15, 0.2) is 48.5 Å². The first-order chi connectivity index (χ1) is 12.9. The van der Waals surface area contributed by atoms with Crippen LogP contribution in [-0.2, 0) is 20.7 Å². The molecule has 0 saturated heterocycles. The minimum Gasteiger partial charge on any atom is -0.455 e. The zero-order valence-electron chi connectivity index (χ0n) is 15.7. The van der Waals surface area contributed by atoms with E-state index >= 15 is 0 Å². The third-order valence-corrected chi connectivity index (χ3v) is 4.47. The van der Waals surface area contributed by atoms with Gasteiger partial charge in [0.25, 0.3) is 5.91 Å². The van der Waals surface area contributed by atoms with Gasteiger partial charge in [0.05, 0.1) is 11.9 Å². The molecule has 1 N–H and O–H groups in total. The number of carbonyl (C=O) groups is 2. The molecule has 0 spiro atoms. The lowest BCUT2D eigenvalue weighted by atomic mass is 10.00. The van der Waals surface area contributed by atoms with E-state index in [2.05, 4.69) is 10.3 Å². The molecule has 1 amide bonds. The molecule has 0 unspecified atom stereocenters. The molecule has 0 bridgehead atoms. The number of pyridine rings is 1. The molecule has 5 nitrogen and oxygen atoms in total. The third-order valence-electron chi connectivity index (χ3n) is 4.47. The second-order valence-corrected chi connectivity index (χ2v) is 6.57. The second kappa shape index (κ2) is 7.99. The molecule has 0 fully saturated rings. The summed E-state index contributed by atoms with van der Waals surface area (Å²) in [6, 6.07) is 15.3. The van der Waals surface area contributed by atoms with Crippen LogP contribution in [0.1, 0.15) is 22.4 Å². The van der Waals surface area contributed by atoms with Crippen LogP contribution < -0.4 is 5.32 Å². The first kappa shape index (κ1) is 18.6. The Morgan fingerprint density at radius 1 is 1.04 bits per heavy atom. The van der Waals surface area contributed by atoms with Crippen molar-refractivity contribution in [3.05, 3.63) is 70.9 Å². The van der Waals surface area contributed by atoms with Crippen LogP contribution in [0.3, 0.4) is 0 Å². The number of aryl methyl sites for hydroxylation is 3. The monoisotopic (exact) mass is 362 g/mol. The highest BCUT2D eigenvalue weighted by atomic mass is 16.5. The lowest BCUT2D eigenvalue weighted by molar-refractivity contribution is -0.146. The first-order valence-corrected chi connectivity index (χ1v) is 8.81. The van der Waals surface area contributed by atoms with Gasteiger partial charge in [0.1, 0.15) is 0 Å². The van der Waals surface area contributed by atoms with Gasteiger partial charge in [-0.3, -0.25) is 14.6 Å². The van der Waals surface area contributed by atoms with Gasteiger partial charge >= 0.3 is 5.97 Å². The van der Waals surface area contributed by atoms with Gasteiger partial charge in [0, 0.05) is 16.8 Å². The predicted molar refractivity (Wildman–Crippen MR) is 106 cm³/mol. The Balaban J connectivity index is 1.62. The van der Waals surface area contributed by atoms with Gasteiger partial charge in [-0.1, -0.05) is 30.3 Å². The van der Waals surface area contributed by atoms with Gasteiger partial charge in [0.2, 0.25) is 0 Å². The van der Waals surface area contributed by atoms with Crippen molar-refractivity contribution in [2.24, 2.45) is 0 Å². The minimum atomic E-state index is -0.447. The summed E-state index contributed by atoms with van der Waals surface area (Å²) in [6.07, 6.45) is 0.0905. The van der Waals surface area contributed by atoms with Crippen molar-refractivity contribution < 1.29 is 14.3 Å². The van der Waals surface area contributed by atoms with Gasteiger partial charge in [0.15, 0.2) is 6.61 Å². The molecule has 1 heterocycles. The van der Waals surface area contributed by atoms with Gasteiger partial charge < -0.3 is 10.1 Å². The largest absolute Gasteiger partial charge is 0.455 e. The van der Waals surface area contributed by atoms with Crippen molar-refractivity contribution in [1.29, 1.82) is 0 Å². The maximum Gasteiger partial charge on any atom is 0.310 e. The molecule has 0 aliphatic rings. The Kier molecular flexibility index (Phi) is 5.50. The summed E-state index contributed by atoms with van der Waals surface area (Å²) in [6.45, 7) is 5.49. The number of hydrogen-bond donors (Lipinski definition) is 1. The average molecular weight is 362 g/mol. The molecule has 0 aliphatic carbocycles. The van der Waals surface area contributed by atoms with E-state index in [1.165, 1.54) is 0 Å². The zero-order valence-corrected chi connectivity index (χ0v) is 15.7. The number of hydrogen-bond acceptors (Lipinski definition) is 4. The molecule has 138 valence electrons. The maximum absolute atomic E-state index is 12.2. The molecular formula is C22H22N2O3. The van der Waals surface area contributed by atoms with Crippen LogP contribution in [0, 0.1) is 20.8 Å². The molecule has 2 aromatic carbocycles. The van der Waals surface area contributed by atoms with E-state index in [4.69, 9.17) is 4.74 Å². The summed E-state index contributed by atoms with van der Waals surface area (Å²) in [5.41, 5.74) is 5.28. The molecule has 27 heavy (non-hydrogen) atoms. The van der Waals surface area contributed by atoms with E-state index < -0.39 is 5.97 Å². The Labute approximate surface area is 158 Å². The number of benzene rings is 2. The number of carbonyl (C=O) groups excluding carboxylic acids is 2. The van der Waals surface area contributed by atoms with Crippen LogP contribution in [0.2, 0.25) is 0 Å². The summed E-state index contributed by atoms with van der Waals surface area (Å²) < 4.78 is 5.15. The van der Waals surface area contributed by atoms with Crippen molar-refractivity contribution in [2.75, 3.05) is 11.9 Å². The second-order valence-electron chi connectivity index (χ2n) is 6.57. The SMILES string of the molecule is Cc1cccc(NC(=O)COC(=O)Cc2c(C)nc3ccccc3c2C)c1. The number of anilines is 1. The summed E-state index contributed by atoms with van der Waals surface area (Å²) in [4.78, 5) is 28.8. The van der Waals surface area contributed by atoms with Crippen LogP contribution >= 0.6 is 0 Å². The minimum absolute atomic E-state index is 0.0905. The smallest absolute Gasteiger partial charge is 0.310 e. The molecule has 3 aromatic rings. The number of rotatable bonds is 5. The quantitative estimate of drug-likeness (QED) is 0.699. The Bertz CT molecular complexity index is 1010. The predicted octanol–water partition coefficient (Wildman–Crippen LogP) is 3.88. The maximum atomic E-state index is 12.2. The number of amides is 1. The highest BCUT2D eigenvalue weighted by Gasteiger charge is 2.15. The molecular weight excluding hydrogens is 340 g/mol. The number of para-hydroxylation sites is 1. The normalized spacial score (nSPS) is 10.6. The number of nitrogens with zero attached hydrogens (tertiary/aromatic N) is 1. The Hall–Kier alpha value is -3.21. The van der Waals surface area contributed by atoms with E-state index in [0.717, 1.165) is 33.3 Å². The van der Waals surface area contributed by atoms with Crippen molar-refractivity contribution >= 4 is 28.5 Å². The Morgan fingerprint density at radius 3 is 2.59 bits per heavy atom. The first-order valence-electron chi connectivity index (χ1n) is 8.81. The van der Waals surface area contributed by atoms with Crippen molar-refractivity contribution in [3.63, 3.8) is 0 Å². The molecule has 0 saturated carbocycles. The number of nitrogens with one attached hydrogen (secondary N) is 1. The van der Waals surface area contributed by atoms with E-state index in [-0.39, 0.29) is 18.9 Å². The fourth-order valence-corrected chi connectivity index (χ4v) is 3.09. The van der Waals surface area contributed by atoms with Crippen molar-refractivity contribution in [3.8, 4) is 0 Å². The fourth-order valence-electron chi connectivity index (χ4n) is 3.09. The lowest BCUT2D eigenvalue weighted by Crippen LogP contribution is -2.22. The number of ether oxygens (including phenoxy) is 1. The van der Waals surface area contributed by atoms with Gasteiger partial charge in [-0.15, -0.1) is 0 Å². The molecule has 1 aromatic heterocycles. The average Bonchev–Trinajstić information content (AvgIpc) is 2.63. The molecule has 0 aliphatic heterocycles. The van der Waals surface area contributed by atoms with Crippen LogP contribution in [0.25, 0.3) is 10.9 Å². The number of aromatic nitrogens is 1. The highest BCUT2D eigenvalue weighted by molar-refractivity contribution is 5.93. The van der Waals surface area contributed by atoms with Crippen molar-refractivity contribution in [1.82, 2.24) is 4.98 Å². The van der Waals surface area contributed by atoms with Gasteiger partial charge in [-0.2, -0.15) is 0 Å². The summed E-state index contributed by atoms with van der Waals surface area (Å²) in [7, 11) is 0. The standard InChI is InChI=1S/C22H22N2O3/c1-14-7-6-8-17(11-14)24-21(25)13-27-22(26)12-19-15(2)18-9-4-5-10-20(18)23-16(19)3/h4-11H,12-13H2,1-3H3,(H,24,25). The lowest BCUT2D eigenvalue weighted by Gasteiger charge is -2.12. The highest BCUT2D eigenvalue weighted by Crippen LogP contribution is 2.23. The molecule has 0 radical (unpaired) electrons. The molecule has 3 rings (SSSR count). The molecule has 0 atom stereocenters. The number of esters is 1. The van der Waals surface area contributed by atoms with Crippen LogP contribution in [0.5, 0.6) is 0 Å². The van der Waals surface area contributed by atoms with E-state index in [0.29, 0.717) is 5.69 Å². The summed E-state index contributed by atoms with van der Waals surface area (Å²) in [5, 5.41) is 3.74. The third kappa shape index (κ3) is 4.50. The van der Waals surface area contributed by atoms with Crippen LogP contribution in [0.4, 0.5) is 5.69 Å². The number of fused-ring (bicyclic) bond motifs is 1.